The van der Waals surface area contributed by atoms with Gasteiger partial charge in [-0.05, 0) is 55.3 Å². The van der Waals surface area contributed by atoms with Crippen molar-refractivity contribution < 1.29 is 17.9 Å². The van der Waals surface area contributed by atoms with Crippen LogP contribution in [0.4, 0.5) is 5.69 Å². The molecule has 184 valence electrons. The van der Waals surface area contributed by atoms with Gasteiger partial charge in [0.2, 0.25) is 10.0 Å². The van der Waals surface area contributed by atoms with Gasteiger partial charge in [-0.1, -0.05) is 43.6 Å². The van der Waals surface area contributed by atoms with E-state index in [2.05, 4.69) is 33.7 Å². The molecule has 0 saturated carbocycles. The van der Waals surface area contributed by atoms with Crippen LogP contribution >= 0.6 is 11.6 Å². The number of hydrogen-bond acceptors (Lipinski definition) is 4. The van der Waals surface area contributed by atoms with Crippen molar-refractivity contribution in [3.8, 4) is 5.75 Å². The van der Waals surface area contributed by atoms with E-state index in [1.54, 1.807) is 0 Å². The quantitative estimate of drug-likeness (QED) is 0.313. The van der Waals surface area contributed by atoms with Crippen LogP contribution in [0.15, 0.2) is 65.6 Å². The van der Waals surface area contributed by atoms with E-state index in [1.807, 2.05) is 44.2 Å². The van der Waals surface area contributed by atoms with Crippen molar-refractivity contribution in [1.29, 1.82) is 0 Å². The summed E-state index contributed by atoms with van der Waals surface area (Å²) in [5.74, 6) is 0.0494. The molecule has 2 N–H and O–H groups in total. The molecular formula is C26H28ClN3O4S. The highest BCUT2D eigenvalue weighted by molar-refractivity contribution is 7.89. The standard InChI is InChI=1S/C26H28ClN3O4S/c1-4-30-23-8-6-5-7-20(23)21-13-18(9-11-24(21)30)29-26(31)16-34-25-12-10-19(14-22(25)27)35(32,33)28-15-17(2)3/h5-14,17,28H,4,15-16H2,1-3H3,(H,29,31). The van der Waals surface area contributed by atoms with E-state index >= 15 is 0 Å². The topological polar surface area (TPSA) is 89.4 Å². The minimum atomic E-state index is -3.67. The average Bonchev–Trinajstić information content (AvgIpc) is 3.15. The van der Waals surface area contributed by atoms with E-state index in [9.17, 15) is 13.2 Å². The molecule has 1 heterocycles. The fourth-order valence-corrected chi connectivity index (χ4v) is 5.48. The Hall–Kier alpha value is -3.07. The van der Waals surface area contributed by atoms with Crippen molar-refractivity contribution >= 4 is 55.0 Å². The van der Waals surface area contributed by atoms with Crippen LogP contribution in [-0.2, 0) is 21.4 Å². The Balaban J connectivity index is 1.44. The Labute approximate surface area is 210 Å². The van der Waals surface area contributed by atoms with Gasteiger partial charge in [0.1, 0.15) is 5.75 Å². The lowest BCUT2D eigenvalue weighted by Crippen LogP contribution is -2.27. The van der Waals surface area contributed by atoms with Crippen molar-refractivity contribution in [3.05, 3.63) is 65.7 Å². The summed E-state index contributed by atoms with van der Waals surface area (Å²) in [7, 11) is -3.67. The van der Waals surface area contributed by atoms with Crippen LogP contribution in [0.1, 0.15) is 20.8 Å². The van der Waals surface area contributed by atoms with Gasteiger partial charge in [0.15, 0.2) is 6.61 Å². The number of aryl methyl sites for hydroxylation is 1. The van der Waals surface area contributed by atoms with Gasteiger partial charge < -0.3 is 14.6 Å². The molecule has 4 rings (SSSR count). The number of halogens is 1. The largest absolute Gasteiger partial charge is 0.482 e. The molecule has 1 amide bonds. The fourth-order valence-electron chi connectivity index (χ4n) is 3.94. The monoisotopic (exact) mass is 513 g/mol. The third-order valence-corrected chi connectivity index (χ3v) is 7.34. The lowest BCUT2D eigenvalue weighted by atomic mass is 10.1. The van der Waals surface area contributed by atoms with Gasteiger partial charge in [-0.2, -0.15) is 0 Å². The summed E-state index contributed by atoms with van der Waals surface area (Å²) in [5.41, 5.74) is 2.91. The van der Waals surface area contributed by atoms with Crippen molar-refractivity contribution in [1.82, 2.24) is 9.29 Å². The van der Waals surface area contributed by atoms with E-state index < -0.39 is 10.0 Å². The number of aromatic nitrogens is 1. The molecule has 0 aliphatic rings. The maximum atomic E-state index is 12.5. The number of nitrogens with one attached hydrogen (secondary N) is 2. The average molecular weight is 514 g/mol. The number of sulfonamides is 1. The Morgan fingerprint density at radius 2 is 1.77 bits per heavy atom. The van der Waals surface area contributed by atoms with E-state index in [0.717, 1.165) is 28.4 Å². The van der Waals surface area contributed by atoms with Crippen LogP contribution in [0, 0.1) is 5.92 Å². The first-order valence-electron chi connectivity index (χ1n) is 11.4. The van der Waals surface area contributed by atoms with Crippen LogP contribution < -0.4 is 14.8 Å². The zero-order valence-corrected chi connectivity index (χ0v) is 21.4. The summed E-state index contributed by atoms with van der Waals surface area (Å²) in [5, 5.41) is 5.16. The third kappa shape index (κ3) is 5.45. The highest BCUT2D eigenvalue weighted by atomic mass is 35.5. The Morgan fingerprint density at radius 3 is 2.49 bits per heavy atom. The molecule has 35 heavy (non-hydrogen) atoms. The molecule has 3 aromatic carbocycles. The first kappa shape index (κ1) is 25.0. The third-order valence-electron chi connectivity index (χ3n) is 5.63. The van der Waals surface area contributed by atoms with Crippen molar-refractivity contribution in [3.63, 3.8) is 0 Å². The minimum Gasteiger partial charge on any atom is -0.482 e. The number of ether oxygens (including phenoxy) is 1. The van der Waals surface area contributed by atoms with E-state index in [0.29, 0.717) is 12.2 Å². The van der Waals surface area contributed by atoms with Gasteiger partial charge in [-0.3, -0.25) is 4.79 Å². The molecular weight excluding hydrogens is 486 g/mol. The molecule has 0 atom stereocenters. The number of rotatable bonds is 9. The molecule has 0 spiro atoms. The smallest absolute Gasteiger partial charge is 0.262 e. The van der Waals surface area contributed by atoms with Crippen LogP contribution in [-0.4, -0.2) is 32.0 Å². The Kier molecular flexibility index (Phi) is 7.35. The van der Waals surface area contributed by atoms with Gasteiger partial charge >= 0.3 is 0 Å². The highest BCUT2D eigenvalue weighted by Gasteiger charge is 2.17. The first-order valence-corrected chi connectivity index (χ1v) is 13.3. The molecule has 0 fully saturated rings. The summed E-state index contributed by atoms with van der Waals surface area (Å²) in [6, 6.07) is 18.2. The van der Waals surface area contributed by atoms with Crippen molar-refractivity contribution in [2.45, 2.75) is 32.2 Å². The van der Waals surface area contributed by atoms with Crippen LogP contribution in [0.5, 0.6) is 5.75 Å². The SMILES string of the molecule is CCn1c2ccccc2c2cc(NC(=O)COc3ccc(S(=O)(=O)NCC(C)C)cc3Cl)ccc21. The summed E-state index contributed by atoms with van der Waals surface area (Å²) >= 11 is 6.23. The summed E-state index contributed by atoms with van der Waals surface area (Å²) in [4.78, 5) is 12.6. The number of amides is 1. The molecule has 0 radical (unpaired) electrons. The van der Waals surface area contributed by atoms with Gasteiger partial charge in [0.25, 0.3) is 5.91 Å². The molecule has 0 aliphatic carbocycles. The number of hydrogen-bond donors (Lipinski definition) is 2. The van der Waals surface area contributed by atoms with Crippen LogP contribution in [0.25, 0.3) is 21.8 Å². The number of carbonyl (C=O) groups excluding carboxylic acids is 1. The van der Waals surface area contributed by atoms with Crippen LogP contribution in [0.2, 0.25) is 5.02 Å². The van der Waals surface area contributed by atoms with Gasteiger partial charge in [-0.25, -0.2) is 13.1 Å². The number of anilines is 1. The number of para-hydroxylation sites is 1. The predicted molar refractivity (Wildman–Crippen MR) is 141 cm³/mol. The number of nitrogens with zero attached hydrogens (tertiary/aromatic N) is 1. The lowest BCUT2D eigenvalue weighted by molar-refractivity contribution is -0.118. The van der Waals surface area contributed by atoms with E-state index in [4.69, 9.17) is 16.3 Å². The lowest BCUT2D eigenvalue weighted by Gasteiger charge is -2.12. The number of benzene rings is 3. The number of fused-ring (bicyclic) bond motifs is 3. The van der Waals surface area contributed by atoms with E-state index in [-0.39, 0.29) is 34.1 Å². The Morgan fingerprint density at radius 1 is 1.03 bits per heavy atom. The molecule has 0 bridgehead atoms. The summed E-state index contributed by atoms with van der Waals surface area (Å²) < 4.78 is 35.1. The highest BCUT2D eigenvalue weighted by Crippen LogP contribution is 2.31. The first-order chi connectivity index (χ1) is 16.7. The molecule has 0 saturated heterocycles. The van der Waals surface area contributed by atoms with Gasteiger partial charge in [0.05, 0.1) is 9.92 Å². The van der Waals surface area contributed by atoms with Crippen molar-refractivity contribution in [2.75, 3.05) is 18.5 Å². The molecule has 7 nitrogen and oxygen atoms in total. The summed E-state index contributed by atoms with van der Waals surface area (Å²) in [6.07, 6.45) is 0. The van der Waals surface area contributed by atoms with Crippen molar-refractivity contribution in [2.24, 2.45) is 5.92 Å². The molecule has 0 aliphatic heterocycles. The summed E-state index contributed by atoms with van der Waals surface area (Å²) in [6.45, 7) is 6.83. The zero-order chi connectivity index (χ0) is 25.2. The minimum absolute atomic E-state index is 0.0412. The molecule has 9 heteroatoms. The second kappa shape index (κ2) is 10.3. The predicted octanol–water partition coefficient (Wildman–Crippen LogP) is 5.42. The second-order valence-corrected chi connectivity index (χ2v) is 10.8. The molecule has 1 aromatic heterocycles. The van der Waals surface area contributed by atoms with Gasteiger partial charge in [-0.15, -0.1) is 0 Å². The fraction of sp³-hybridized carbons (Fsp3) is 0.269. The van der Waals surface area contributed by atoms with Crippen LogP contribution in [0.3, 0.4) is 0 Å². The molecule has 4 aromatic rings. The van der Waals surface area contributed by atoms with Gasteiger partial charge in [0, 0.05) is 40.6 Å². The maximum Gasteiger partial charge on any atom is 0.262 e. The second-order valence-electron chi connectivity index (χ2n) is 8.67. The Bertz CT molecular complexity index is 1500. The number of carbonyl (C=O) groups is 1. The normalized spacial score (nSPS) is 11.9. The van der Waals surface area contributed by atoms with E-state index in [1.165, 1.54) is 18.2 Å². The maximum absolute atomic E-state index is 12.5. The molecule has 0 unspecified atom stereocenters. The zero-order valence-electron chi connectivity index (χ0n) is 19.8.